The summed E-state index contributed by atoms with van der Waals surface area (Å²) in [5.74, 6) is 0.594. The third-order valence-electron chi connectivity index (χ3n) is 2.61. The van der Waals surface area contributed by atoms with Crippen molar-refractivity contribution in [3.05, 3.63) is 51.6 Å². The zero-order valence-electron chi connectivity index (χ0n) is 11.2. The fourth-order valence-corrected chi connectivity index (χ4v) is 2.34. The summed E-state index contributed by atoms with van der Waals surface area (Å²) < 4.78 is 6.92. The van der Waals surface area contributed by atoms with Crippen molar-refractivity contribution in [2.24, 2.45) is 0 Å². The molecule has 20 heavy (non-hydrogen) atoms. The third-order valence-corrected chi connectivity index (χ3v) is 3.44. The molecule has 0 aliphatic rings. The van der Waals surface area contributed by atoms with E-state index in [2.05, 4.69) is 5.32 Å². The highest BCUT2D eigenvalue weighted by Crippen LogP contribution is 2.11. The molecule has 5 nitrogen and oxygen atoms in total. The van der Waals surface area contributed by atoms with Crippen LogP contribution in [0.2, 0.25) is 0 Å². The van der Waals surface area contributed by atoms with Gasteiger partial charge in [0, 0.05) is 11.4 Å². The van der Waals surface area contributed by atoms with E-state index in [1.54, 1.807) is 5.38 Å². The number of nitrogens with zero attached hydrogens (tertiary/aromatic N) is 1. The van der Waals surface area contributed by atoms with Gasteiger partial charge in [0.15, 0.2) is 0 Å². The lowest BCUT2D eigenvalue weighted by atomic mass is 10.2. The van der Waals surface area contributed by atoms with Crippen molar-refractivity contribution >= 4 is 17.4 Å². The van der Waals surface area contributed by atoms with Gasteiger partial charge in [-0.15, -0.1) is 0 Å². The Morgan fingerprint density at radius 1 is 1.40 bits per heavy atom. The number of ether oxygens (including phenoxy) is 1. The smallest absolute Gasteiger partial charge is 0.261 e. The highest BCUT2D eigenvalue weighted by Gasteiger charge is 2.04. The maximum absolute atomic E-state index is 11.6. The molecule has 0 aliphatic heterocycles. The van der Waals surface area contributed by atoms with Crippen LogP contribution in [0, 0.1) is 6.92 Å². The molecule has 0 spiro atoms. The van der Waals surface area contributed by atoms with Crippen LogP contribution in [-0.4, -0.2) is 23.0 Å². The molecule has 0 atom stereocenters. The minimum atomic E-state index is -0.192. The molecule has 0 bridgehead atoms. The number of aryl methyl sites for hydroxylation is 1. The lowest BCUT2D eigenvalue weighted by molar-refractivity contribution is -0.121. The Bertz CT molecular complexity index is 633. The molecule has 106 valence electrons. The van der Waals surface area contributed by atoms with E-state index in [-0.39, 0.29) is 18.0 Å². The van der Waals surface area contributed by atoms with E-state index in [0.29, 0.717) is 13.2 Å². The van der Waals surface area contributed by atoms with Crippen molar-refractivity contribution in [3.8, 4) is 5.75 Å². The largest absolute Gasteiger partial charge is 0.492 e. The Labute approximate surface area is 121 Å². The number of hydrogen-bond donors (Lipinski definition) is 1. The van der Waals surface area contributed by atoms with E-state index in [4.69, 9.17) is 4.74 Å². The molecule has 2 aromatic rings. The Morgan fingerprint density at radius 2 is 2.25 bits per heavy atom. The second-order valence-electron chi connectivity index (χ2n) is 4.30. The standard InChI is InChI=1S/C14H16N2O3S/c1-11-3-2-4-12(9-11)19-7-6-15-13(17)10-16-14(18)5-8-20-16/h2-5,8-9H,6-7,10H2,1H3,(H,15,17). The number of nitrogens with one attached hydrogen (secondary N) is 1. The van der Waals surface area contributed by atoms with Crippen LogP contribution < -0.4 is 15.6 Å². The molecule has 0 saturated carbocycles. The summed E-state index contributed by atoms with van der Waals surface area (Å²) in [6.07, 6.45) is 0. The second-order valence-corrected chi connectivity index (χ2v) is 5.22. The SMILES string of the molecule is Cc1cccc(OCCNC(=O)Cn2sccc2=O)c1. The minimum Gasteiger partial charge on any atom is -0.492 e. The van der Waals surface area contributed by atoms with Crippen LogP contribution in [0.4, 0.5) is 0 Å². The first-order valence-corrected chi connectivity index (χ1v) is 7.10. The molecule has 1 aromatic heterocycles. The van der Waals surface area contributed by atoms with Crippen molar-refractivity contribution in [1.82, 2.24) is 9.27 Å². The third kappa shape index (κ3) is 4.24. The number of aromatic nitrogens is 1. The molecule has 0 saturated heterocycles. The van der Waals surface area contributed by atoms with Gasteiger partial charge in [-0.2, -0.15) is 0 Å². The van der Waals surface area contributed by atoms with Crippen LogP contribution >= 0.6 is 11.5 Å². The summed E-state index contributed by atoms with van der Waals surface area (Å²) in [4.78, 5) is 22.9. The van der Waals surface area contributed by atoms with Gasteiger partial charge in [0.25, 0.3) is 5.56 Å². The maximum Gasteiger partial charge on any atom is 0.261 e. The first-order valence-electron chi connectivity index (χ1n) is 6.26. The van der Waals surface area contributed by atoms with Gasteiger partial charge >= 0.3 is 0 Å². The van der Waals surface area contributed by atoms with Crippen molar-refractivity contribution < 1.29 is 9.53 Å². The Hall–Kier alpha value is -2.08. The molecule has 0 fully saturated rings. The quantitative estimate of drug-likeness (QED) is 0.819. The number of rotatable bonds is 6. The molecule has 0 radical (unpaired) electrons. The Kier molecular flexibility index (Phi) is 4.95. The summed E-state index contributed by atoms with van der Waals surface area (Å²) in [6.45, 7) is 2.86. The summed E-state index contributed by atoms with van der Waals surface area (Å²) in [6, 6.07) is 9.17. The summed E-state index contributed by atoms with van der Waals surface area (Å²) in [5, 5.41) is 4.38. The molecule has 1 aromatic carbocycles. The lowest BCUT2D eigenvalue weighted by Crippen LogP contribution is -2.32. The van der Waals surface area contributed by atoms with Gasteiger partial charge in [-0.1, -0.05) is 23.7 Å². The first-order chi connectivity index (χ1) is 9.65. The number of amides is 1. The van der Waals surface area contributed by atoms with Crippen molar-refractivity contribution in [2.45, 2.75) is 13.5 Å². The van der Waals surface area contributed by atoms with E-state index in [0.717, 1.165) is 11.3 Å². The van der Waals surface area contributed by atoms with Gasteiger partial charge in [0.05, 0.1) is 6.54 Å². The van der Waals surface area contributed by atoms with Gasteiger partial charge in [-0.3, -0.25) is 13.5 Å². The highest BCUT2D eigenvalue weighted by atomic mass is 32.1. The van der Waals surface area contributed by atoms with Gasteiger partial charge in [0.2, 0.25) is 5.91 Å². The molecular weight excluding hydrogens is 276 g/mol. The lowest BCUT2D eigenvalue weighted by Gasteiger charge is -2.08. The average molecular weight is 292 g/mol. The molecule has 0 aliphatic carbocycles. The van der Waals surface area contributed by atoms with Crippen LogP contribution in [0.5, 0.6) is 5.75 Å². The summed E-state index contributed by atoms with van der Waals surface area (Å²) >= 11 is 1.23. The van der Waals surface area contributed by atoms with Crippen LogP contribution in [0.1, 0.15) is 5.56 Å². The van der Waals surface area contributed by atoms with Crippen molar-refractivity contribution in [1.29, 1.82) is 0 Å². The minimum absolute atomic E-state index is 0.0565. The van der Waals surface area contributed by atoms with Crippen LogP contribution in [0.15, 0.2) is 40.5 Å². The Morgan fingerprint density at radius 3 is 2.95 bits per heavy atom. The van der Waals surface area contributed by atoms with Gasteiger partial charge in [-0.05, 0) is 24.6 Å². The van der Waals surface area contributed by atoms with E-state index in [9.17, 15) is 9.59 Å². The van der Waals surface area contributed by atoms with E-state index < -0.39 is 0 Å². The van der Waals surface area contributed by atoms with E-state index >= 15 is 0 Å². The Balaban J connectivity index is 1.70. The fourth-order valence-electron chi connectivity index (χ4n) is 1.66. The molecule has 0 unspecified atom stereocenters. The normalized spacial score (nSPS) is 10.2. The summed E-state index contributed by atoms with van der Waals surface area (Å²) in [5.41, 5.74) is 0.977. The second kappa shape index (κ2) is 6.91. The monoisotopic (exact) mass is 292 g/mol. The van der Waals surface area contributed by atoms with E-state index in [1.165, 1.54) is 21.6 Å². The van der Waals surface area contributed by atoms with Gasteiger partial charge in [-0.25, -0.2) is 0 Å². The van der Waals surface area contributed by atoms with E-state index in [1.807, 2.05) is 31.2 Å². The van der Waals surface area contributed by atoms with Crippen molar-refractivity contribution in [3.63, 3.8) is 0 Å². The van der Waals surface area contributed by atoms with Crippen LogP contribution in [0.25, 0.3) is 0 Å². The zero-order valence-corrected chi connectivity index (χ0v) is 12.0. The zero-order chi connectivity index (χ0) is 14.4. The van der Waals surface area contributed by atoms with Crippen LogP contribution in [-0.2, 0) is 11.3 Å². The predicted octanol–water partition coefficient (Wildman–Crippen LogP) is 1.41. The predicted molar refractivity (Wildman–Crippen MR) is 78.3 cm³/mol. The van der Waals surface area contributed by atoms with Crippen molar-refractivity contribution in [2.75, 3.05) is 13.2 Å². The van der Waals surface area contributed by atoms with Crippen LogP contribution in [0.3, 0.4) is 0 Å². The van der Waals surface area contributed by atoms with Gasteiger partial charge < -0.3 is 10.1 Å². The number of hydrogen-bond acceptors (Lipinski definition) is 4. The first kappa shape index (κ1) is 14.3. The molecule has 1 amide bonds. The molecule has 1 N–H and O–H groups in total. The fraction of sp³-hybridized carbons (Fsp3) is 0.286. The topological polar surface area (TPSA) is 60.3 Å². The number of benzene rings is 1. The van der Waals surface area contributed by atoms with Gasteiger partial charge in [0.1, 0.15) is 18.9 Å². The molecular formula is C14H16N2O3S. The highest BCUT2D eigenvalue weighted by molar-refractivity contribution is 7.04. The molecule has 1 heterocycles. The molecule has 6 heteroatoms. The maximum atomic E-state index is 11.6. The molecule has 2 rings (SSSR count). The summed E-state index contributed by atoms with van der Waals surface area (Å²) in [7, 11) is 0. The number of carbonyl (C=O) groups excluding carboxylic acids is 1. The average Bonchev–Trinajstić information content (AvgIpc) is 2.80. The number of carbonyl (C=O) groups is 1.